The minimum absolute atomic E-state index is 0.283. The first-order chi connectivity index (χ1) is 6.06. The third-order valence-corrected chi connectivity index (χ3v) is 1.46. The van der Waals surface area contributed by atoms with Gasteiger partial charge in [-0.15, -0.1) is 0 Å². The van der Waals surface area contributed by atoms with Gasteiger partial charge in [-0.2, -0.15) is 5.26 Å². The highest BCUT2D eigenvalue weighted by molar-refractivity contribution is 5.25. The summed E-state index contributed by atoms with van der Waals surface area (Å²) in [6.45, 7) is 0. The van der Waals surface area contributed by atoms with Crippen molar-refractivity contribution in [1.82, 2.24) is 0 Å². The number of nitrogens with zero attached hydrogens (tertiary/aromatic N) is 1. The van der Waals surface area contributed by atoms with Crippen LogP contribution in [0.2, 0.25) is 0 Å². The standard InChI is InChI=1S/C8H4F3NO/c9-5-2-7(11)6(10)1-4(5)8(13)3-12/h1-2,8,13H/t8-/m1/s1. The van der Waals surface area contributed by atoms with E-state index >= 15 is 0 Å². The molecule has 5 heteroatoms. The molecule has 0 aliphatic heterocycles. The Kier molecular flexibility index (Phi) is 2.54. The van der Waals surface area contributed by atoms with Gasteiger partial charge in [-0.3, -0.25) is 0 Å². The second-order valence-electron chi connectivity index (χ2n) is 2.32. The Balaban J connectivity index is 3.25. The number of aliphatic hydroxyl groups is 1. The van der Waals surface area contributed by atoms with Gasteiger partial charge >= 0.3 is 0 Å². The molecule has 1 atom stereocenters. The van der Waals surface area contributed by atoms with Crippen LogP contribution in [0.4, 0.5) is 13.2 Å². The van der Waals surface area contributed by atoms with Crippen LogP contribution in [-0.2, 0) is 0 Å². The molecule has 1 N–H and O–H groups in total. The van der Waals surface area contributed by atoms with E-state index in [1.807, 2.05) is 0 Å². The molecule has 0 saturated heterocycles. The molecule has 0 aliphatic rings. The Morgan fingerprint density at radius 1 is 1.15 bits per heavy atom. The van der Waals surface area contributed by atoms with Gasteiger partial charge in [-0.1, -0.05) is 0 Å². The van der Waals surface area contributed by atoms with E-state index in [0.29, 0.717) is 6.07 Å². The van der Waals surface area contributed by atoms with Crippen molar-refractivity contribution in [3.05, 3.63) is 35.1 Å². The first-order valence-electron chi connectivity index (χ1n) is 3.28. The first-order valence-corrected chi connectivity index (χ1v) is 3.28. The third-order valence-electron chi connectivity index (χ3n) is 1.46. The van der Waals surface area contributed by atoms with E-state index in [1.165, 1.54) is 6.07 Å². The van der Waals surface area contributed by atoms with Crippen molar-refractivity contribution in [3.63, 3.8) is 0 Å². The normalized spacial score (nSPS) is 12.2. The van der Waals surface area contributed by atoms with Gasteiger partial charge in [0.25, 0.3) is 0 Å². The summed E-state index contributed by atoms with van der Waals surface area (Å²) in [4.78, 5) is 0. The maximum Gasteiger partial charge on any atom is 0.168 e. The number of rotatable bonds is 1. The molecule has 13 heavy (non-hydrogen) atoms. The first kappa shape index (κ1) is 9.55. The molecule has 0 saturated carbocycles. The minimum Gasteiger partial charge on any atom is -0.374 e. The molecule has 0 unspecified atom stereocenters. The van der Waals surface area contributed by atoms with E-state index in [1.54, 1.807) is 0 Å². The number of hydrogen-bond acceptors (Lipinski definition) is 2. The molecular formula is C8H4F3NO. The summed E-state index contributed by atoms with van der Waals surface area (Å²) in [5, 5.41) is 17.0. The van der Waals surface area contributed by atoms with Gasteiger partial charge in [0.2, 0.25) is 0 Å². The van der Waals surface area contributed by atoms with Crippen molar-refractivity contribution in [2.45, 2.75) is 6.10 Å². The van der Waals surface area contributed by atoms with Crippen molar-refractivity contribution < 1.29 is 18.3 Å². The molecule has 68 valence electrons. The maximum absolute atomic E-state index is 12.8. The van der Waals surface area contributed by atoms with Crippen molar-refractivity contribution in [1.29, 1.82) is 5.26 Å². The Morgan fingerprint density at radius 3 is 2.23 bits per heavy atom. The van der Waals surface area contributed by atoms with Gasteiger partial charge in [0.15, 0.2) is 17.7 Å². The molecule has 0 aliphatic carbocycles. The largest absolute Gasteiger partial charge is 0.374 e. The number of aliphatic hydroxyl groups excluding tert-OH is 1. The molecule has 0 aromatic heterocycles. The van der Waals surface area contributed by atoms with Gasteiger partial charge in [-0.25, -0.2) is 13.2 Å². The number of hydrogen-bond donors (Lipinski definition) is 1. The minimum atomic E-state index is -1.78. The Hall–Kier alpha value is -1.54. The van der Waals surface area contributed by atoms with E-state index in [9.17, 15) is 13.2 Å². The molecule has 1 rings (SSSR count). The van der Waals surface area contributed by atoms with Gasteiger partial charge < -0.3 is 5.11 Å². The second kappa shape index (κ2) is 3.46. The lowest BCUT2D eigenvalue weighted by atomic mass is 10.1. The third kappa shape index (κ3) is 1.79. The van der Waals surface area contributed by atoms with Crippen LogP contribution < -0.4 is 0 Å². The molecule has 0 bridgehead atoms. The monoisotopic (exact) mass is 187 g/mol. The molecule has 0 amide bonds. The summed E-state index contributed by atoms with van der Waals surface area (Å²) < 4.78 is 37.6. The Labute approximate surface area is 71.8 Å². The second-order valence-corrected chi connectivity index (χ2v) is 2.32. The van der Waals surface area contributed by atoms with Crippen molar-refractivity contribution in [2.24, 2.45) is 0 Å². The fourth-order valence-electron chi connectivity index (χ4n) is 0.817. The summed E-state index contributed by atoms with van der Waals surface area (Å²) in [6.07, 6.45) is -1.78. The molecule has 1 aromatic carbocycles. The Morgan fingerprint density at radius 2 is 1.69 bits per heavy atom. The molecule has 2 nitrogen and oxygen atoms in total. The highest BCUT2D eigenvalue weighted by Crippen LogP contribution is 2.19. The number of nitriles is 1. The fourth-order valence-corrected chi connectivity index (χ4v) is 0.817. The van der Waals surface area contributed by atoms with E-state index in [4.69, 9.17) is 10.4 Å². The maximum atomic E-state index is 12.8. The van der Waals surface area contributed by atoms with E-state index in [0.717, 1.165) is 0 Å². The summed E-state index contributed by atoms with van der Waals surface area (Å²) >= 11 is 0. The zero-order valence-corrected chi connectivity index (χ0v) is 6.26. The molecule has 0 radical (unpaired) electrons. The zero-order chi connectivity index (χ0) is 10.0. The van der Waals surface area contributed by atoms with Crippen molar-refractivity contribution in [3.8, 4) is 6.07 Å². The lowest BCUT2D eigenvalue weighted by Crippen LogP contribution is -2.00. The topological polar surface area (TPSA) is 44.0 Å². The van der Waals surface area contributed by atoms with Gasteiger partial charge in [-0.05, 0) is 6.07 Å². The highest BCUT2D eigenvalue weighted by Gasteiger charge is 2.15. The number of halogens is 3. The Bertz CT molecular complexity index is 372. The molecule has 0 spiro atoms. The van der Waals surface area contributed by atoms with Gasteiger partial charge in [0, 0.05) is 11.6 Å². The van der Waals surface area contributed by atoms with Crippen LogP contribution in [0.1, 0.15) is 11.7 Å². The lowest BCUT2D eigenvalue weighted by Gasteiger charge is -2.03. The van der Waals surface area contributed by atoms with E-state index < -0.39 is 29.1 Å². The van der Waals surface area contributed by atoms with Crippen molar-refractivity contribution >= 4 is 0 Å². The lowest BCUT2D eigenvalue weighted by molar-refractivity contribution is 0.229. The van der Waals surface area contributed by atoms with Gasteiger partial charge in [0.05, 0.1) is 6.07 Å². The summed E-state index contributed by atoms with van der Waals surface area (Å²) in [7, 11) is 0. The fraction of sp³-hybridized carbons (Fsp3) is 0.125. The summed E-state index contributed by atoms with van der Waals surface area (Å²) in [5.74, 6) is -3.80. The molecule has 0 fully saturated rings. The smallest absolute Gasteiger partial charge is 0.168 e. The average Bonchev–Trinajstić information content (AvgIpc) is 2.10. The summed E-state index contributed by atoms with van der Waals surface area (Å²) in [5.41, 5.74) is -0.568. The van der Waals surface area contributed by atoms with Crippen LogP contribution in [-0.4, -0.2) is 5.11 Å². The average molecular weight is 187 g/mol. The quantitative estimate of drug-likeness (QED) is 0.536. The predicted octanol–water partition coefficient (Wildman–Crippen LogP) is 1.66. The van der Waals surface area contributed by atoms with Crippen LogP contribution in [0.5, 0.6) is 0 Å². The summed E-state index contributed by atoms with van der Waals surface area (Å²) in [6, 6.07) is 2.04. The van der Waals surface area contributed by atoms with E-state index in [-0.39, 0.29) is 6.07 Å². The molecule has 1 aromatic rings. The van der Waals surface area contributed by atoms with Crippen LogP contribution in [0, 0.1) is 28.8 Å². The highest BCUT2D eigenvalue weighted by atomic mass is 19.2. The van der Waals surface area contributed by atoms with E-state index in [2.05, 4.69) is 0 Å². The van der Waals surface area contributed by atoms with Gasteiger partial charge in [0.1, 0.15) is 5.82 Å². The zero-order valence-electron chi connectivity index (χ0n) is 6.26. The van der Waals surface area contributed by atoms with Crippen LogP contribution >= 0.6 is 0 Å². The molecular weight excluding hydrogens is 183 g/mol. The van der Waals surface area contributed by atoms with Crippen molar-refractivity contribution in [2.75, 3.05) is 0 Å². The van der Waals surface area contributed by atoms with Crippen LogP contribution in [0.3, 0.4) is 0 Å². The molecule has 0 heterocycles. The van der Waals surface area contributed by atoms with Crippen LogP contribution in [0.25, 0.3) is 0 Å². The number of benzene rings is 1. The van der Waals surface area contributed by atoms with Crippen LogP contribution in [0.15, 0.2) is 12.1 Å². The SMILES string of the molecule is N#C[C@@H](O)c1cc(F)c(F)cc1F. The predicted molar refractivity (Wildman–Crippen MR) is 36.9 cm³/mol.